The van der Waals surface area contributed by atoms with Crippen LogP contribution in [0.5, 0.6) is 5.75 Å². The average molecular weight is 432 g/mol. The highest BCUT2D eigenvalue weighted by Gasteiger charge is 2.13. The second kappa shape index (κ2) is 9.17. The molecular weight excluding hydrogens is 412 g/mol. The Hall–Kier alpha value is -4.40. The third kappa shape index (κ3) is 5.01. The van der Waals surface area contributed by atoms with Gasteiger partial charge in [0.05, 0.1) is 23.4 Å². The maximum atomic E-state index is 12.5. The number of ether oxygens (including phenoxy) is 1. The number of aromatic nitrogens is 2. The van der Waals surface area contributed by atoms with Gasteiger partial charge in [0.2, 0.25) is 0 Å². The fourth-order valence-corrected chi connectivity index (χ4v) is 3.07. The van der Waals surface area contributed by atoms with Crippen LogP contribution < -0.4 is 10.1 Å². The summed E-state index contributed by atoms with van der Waals surface area (Å²) in [6.07, 6.45) is 3.34. The summed E-state index contributed by atoms with van der Waals surface area (Å²) >= 11 is 0. The molecule has 1 amide bonds. The van der Waals surface area contributed by atoms with Gasteiger partial charge in [0.1, 0.15) is 18.1 Å². The number of rotatable bonds is 8. The summed E-state index contributed by atoms with van der Waals surface area (Å²) in [5.41, 5.74) is 2.87. The molecule has 9 heteroatoms. The second-order valence-corrected chi connectivity index (χ2v) is 7.11. The number of nitro benzene ring substituents is 1. The van der Waals surface area contributed by atoms with Gasteiger partial charge < -0.3 is 14.5 Å². The van der Waals surface area contributed by atoms with E-state index in [1.54, 1.807) is 29.2 Å². The molecule has 9 nitrogen and oxygen atoms in total. The van der Waals surface area contributed by atoms with Crippen LogP contribution in [0.25, 0.3) is 0 Å². The first kappa shape index (κ1) is 20.9. The van der Waals surface area contributed by atoms with Gasteiger partial charge in [-0.3, -0.25) is 19.6 Å². The van der Waals surface area contributed by atoms with Crippen LogP contribution in [0.4, 0.5) is 11.4 Å². The van der Waals surface area contributed by atoms with Crippen molar-refractivity contribution >= 4 is 17.3 Å². The number of nitrogens with one attached hydrogen (secondary N) is 1. The lowest BCUT2D eigenvalue weighted by Crippen LogP contribution is -2.10. The molecule has 0 saturated heterocycles. The van der Waals surface area contributed by atoms with Gasteiger partial charge in [0, 0.05) is 18.3 Å². The van der Waals surface area contributed by atoms with Crippen LogP contribution >= 0.6 is 0 Å². The molecular formula is C23H20N4O5. The van der Waals surface area contributed by atoms with E-state index >= 15 is 0 Å². The molecule has 0 aliphatic rings. The van der Waals surface area contributed by atoms with E-state index in [1.165, 1.54) is 29.8 Å². The standard InChI is InChI=1S/C23H20N4O5/c1-16-4-2-3-5-17(16)13-26-14-18(12-24-26)25-23(28)22-11-10-21(32-22)15-31-20-8-6-19(7-9-20)27(29)30/h2-12,14H,13,15H2,1H3,(H,25,28). The van der Waals surface area contributed by atoms with E-state index in [9.17, 15) is 14.9 Å². The summed E-state index contributed by atoms with van der Waals surface area (Å²) in [5, 5.41) is 17.7. The van der Waals surface area contributed by atoms with Crippen molar-refractivity contribution in [3.63, 3.8) is 0 Å². The smallest absolute Gasteiger partial charge is 0.291 e. The molecule has 0 fully saturated rings. The topological polar surface area (TPSA) is 112 Å². The molecule has 0 radical (unpaired) electrons. The Morgan fingerprint density at radius 2 is 1.94 bits per heavy atom. The number of furan rings is 1. The third-order valence-electron chi connectivity index (χ3n) is 4.80. The van der Waals surface area contributed by atoms with Gasteiger partial charge >= 0.3 is 0 Å². The highest BCUT2D eigenvalue weighted by Crippen LogP contribution is 2.19. The first-order chi connectivity index (χ1) is 15.5. The Bertz CT molecular complexity index is 1240. The Labute approximate surface area is 183 Å². The first-order valence-corrected chi connectivity index (χ1v) is 9.82. The summed E-state index contributed by atoms with van der Waals surface area (Å²) in [4.78, 5) is 22.7. The number of benzene rings is 2. The van der Waals surface area contributed by atoms with Crippen LogP contribution in [-0.4, -0.2) is 20.6 Å². The van der Waals surface area contributed by atoms with E-state index in [1.807, 2.05) is 31.2 Å². The van der Waals surface area contributed by atoms with Crippen molar-refractivity contribution in [3.8, 4) is 5.75 Å². The predicted octanol–water partition coefficient (Wildman–Crippen LogP) is 4.57. The molecule has 0 bridgehead atoms. The number of hydrogen-bond donors (Lipinski definition) is 1. The zero-order valence-electron chi connectivity index (χ0n) is 17.2. The van der Waals surface area contributed by atoms with E-state index < -0.39 is 10.8 Å². The molecule has 2 aromatic carbocycles. The quantitative estimate of drug-likeness (QED) is 0.322. The molecule has 2 aromatic heterocycles. The van der Waals surface area contributed by atoms with Gasteiger partial charge in [0.25, 0.3) is 11.6 Å². The molecule has 162 valence electrons. The van der Waals surface area contributed by atoms with Crippen LogP contribution in [0.2, 0.25) is 0 Å². The minimum Gasteiger partial charge on any atom is -0.486 e. The third-order valence-corrected chi connectivity index (χ3v) is 4.80. The fourth-order valence-electron chi connectivity index (χ4n) is 3.07. The Morgan fingerprint density at radius 3 is 2.69 bits per heavy atom. The van der Waals surface area contributed by atoms with Crippen LogP contribution in [0, 0.1) is 17.0 Å². The molecule has 32 heavy (non-hydrogen) atoms. The number of nitro groups is 1. The number of hydrogen-bond acceptors (Lipinski definition) is 6. The van der Waals surface area contributed by atoms with E-state index in [0.29, 0.717) is 23.7 Å². The Morgan fingerprint density at radius 1 is 1.16 bits per heavy atom. The van der Waals surface area contributed by atoms with Crippen molar-refractivity contribution in [2.24, 2.45) is 0 Å². The minimum absolute atomic E-state index is 0.0171. The van der Waals surface area contributed by atoms with Gasteiger partial charge in [-0.25, -0.2) is 0 Å². The lowest BCUT2D eigenvalue weighted by atomic mass is 10.1. The predicted molar refractivity (Wildman–Crippen MR) is 117 cm³/mol. The number of carbonyl (C=O) groups excluding carboxylic acids is 1. The van der Waals surface area contributed by atoms with E-state index in [0.717, 1.165) is 5.56 Å². The monoisotopic (exact) mass is 432 g/mol. The van der Waals surface area contributed by atoms with Gasteiger partial charge in [0.15, 0.2) is 5.76 Å². The highest BCUT2D eigenvalue weighted by atomic mass is 16.6. The van der Waals surface area contributed by atoms with Crippen LogP contribution in [0.3, 0.4) is 0 Å². The van der Waals surface area contributed by atoms with Gasteiger partial charge in [-0.15, -0.1) is 0 Å². The van der Waals surface area contributed by atoms with Crippen molar-refractivity contribution in [2.45, 2.75) is 20.1 Å². The van der Waals surface area contributed by atoms with E-state index in [-0.39, 0.29) is 18.1 Å². The molecule has 4 aromatic rings. The normalized spacial score (nSPS) is 10.7. The first-order valence-electron chi connectivity index (χ1n) is 9.82. The van der Waals surface area contributed by atoms with Gasteiger partial charge in [-0.05, 0) is 42.3 Å². The number of nitrogens with zero attached hydrogens (tertiary/aromatic N) is 3. The van der Waals surface area contributed by atoms with Crippen LogP contribution in [-0.2, 0) is 13.2 Å². The maximum Gasteiger partial charge on any atom is 0.291 e. The van der Waals surface area contributed by atoms with Crippen molar-refractivity contribution in [1.82, 2.24) is 9.78 Å². The van der Waals surface area contributed by atoms with Gasteiger partial charge in [-0.1, -0.05) is 24.3 Å². The lowest BCUT2D eigenvalue weighted by Gasteiger charge is -2.05. The molecule has 0 atom stereocenters. The Kier molecular flexibility index (Phi) is 5.98. The molecule has 0 aliphatic carbocycles. The SMILES string of the molecule is Cc1ccccc1Cn1cc(NC(=O)c2ccc(COc3ccc([N+](=O)[O-])cc3)o2)cn1. The summed E-state index contributed by atoms with van der Waals surface area (Å²) in [7, 11) is 0. The number of anilines is 1. The maximum absolute atomic E-state index is 12.5. The lowest BCUT2D eigenvalue weighted by molar-refractivity contribution is -0.384. The highest BCUT2D eigenvalue weighted by molar-refractivity contribution is 6.02. The molecule has 0 aliphatic heterocycles. The fraction of sp³-hybridized carbons (Fsp3) is 0.130. The molecule has 0 unspecified atom stereocenters. The molecule has 2 heterocycles. The molecule has 1 N–H and O–H groups in total. The summed E-state index contributed by atoms with van der Waals surface area (Å²) in [6.45, 7) is 2.73. The Balaban J connectivity index is 1.32. The number of amides is 1. The molecule has 0 saturated carbocycles. The zero-order chi connectivity index (χ0) is 22.5. The molecule has 4 rings (SSSR count). The van der Waals surface area contributed by atoms with Crippen molar-refractivity contribution in [2.75, 3.05) is 5.32 Å². The molecule has 0 spiro atoms. The number of carbonyl (C=O) groups is 1. The number of non-ortho nitro benzene ring substituents is 1. The van der Waals surface area contributed by atoms with Crippen molar-refractivity contribution < 1.29 is 18.9 Å². The van der Waals surface area contributed by atoms with E-state index in [4.69, 9.17) is 9.15 Å². The zero-order valence-corrected chi connectivity index (χ0v) is 17.2. The average Bonchev–Trinajstić information content (AvgIpc) is 3.44. The largest absolute Gasteiger partial charge is 0.486 e. The van der Waals surface area contributed by atoms with E-state index in [2.05, 4.69) is 10.4 Å². The van der Waals surface area contributed by atoms with Crippen molar-refractivity contribution in [3.05, 3.63) is 106 Å². The minimum atomic E-state index is -0.479. The summed E-state index contributed by atoms with van der Waals surface area (Å²) < 4.78 is 12.8. The number of aryl methyl sites for hydroxylation is 1. The second-order valence-electron chi connectivity index (χ2n) is 7.11. The van der Waals surface area contributed by atoms with Crippen LogP contribution in [0.15, 0.2) is 77.5 Å². The van der Waals surface area contributed by atoms with Gasteiger partial charge in [-0.2, -0.15) is 5.10 Å². The van der Waals surface area contributed by atoms with Crippen LogP contribution in [0.1, 0.15) is 27.4 Å². The van der Waals surface area contributed by atoms with Crippen molar-refractivity contribution in [1.29, 1.82) is 0 Å². The summed E-state index contributed by atoms with van der Waals surface area (Å²) in [6, 6.07) is 17.0. The summed E-state index contributed by atoms with van der Waals surface area (Å²) in [5.74, 6) is 0.642.